The molecule has 0 bridgehead atoms. The van der Waals surface area contributed by atoms with E-state index in [0.717, 1.165) is 15.7 Å². The van der Waals surface area contributed by atoms with E-state index in [1.807, 2.05) is 20.8 Å². The molecule has 12 heteroatoms. The van der Waals surface area contributed by atoms with Crippen molar-refractivity contribution in [3.05, 3.63) is 48.4 Å². The second-order valence-corrected chi connectivity index (χ2v) is 10.1. The van der Waals surface area contributed by atoms with Gasteiger partial charge >= 0.3 is 11.9 Å². The number of hydrogen-bond donors (Lipinski definition) is 1. The number of azo groups is 2. The van der Waals surface area contributed by atoms with Crippen LogP contribution < -0.4 is 19.5 Å². The fourth-order valence-corrected chi connectivity index (χ4v) is 4.00. The summed E-state index contributed by atoms with van der Waals surface area (Å²) in [7, 11) is 4.38. The number of nitrogens with zero attached hydrogens (tertiary/aromatic N) is 4. The highest BCUT2D eigenvalue weighted by molar-refractivity contribution is 6.13. The summed E-state index contributed by atoms with van der Waals surface area (Å²) in [6, 6.07) is 6.67. The molecule has 1 aromatic heterocycles. The van der Waals surface area contributed by atoms with Gasteiger partial charge in [0, 0.05) is 34.8 Å². The average molecular weight is 539 g/mol. The number of amides is 4. The Balaban J connectivity index is 1.54. The zero-order chi connectivity index (χ0) is 28.5. The van der Waals surface area contributed by atoms with E-state index in [0.29, 0.717) is 28.2 Å². The van der Waals surface area contributed by atoms with Gasteiger partial charge in [-0.25, -0.2) is 9.18 Å². The summed E-state index contributed by atoms with van der Waals surface area (Å²) in [4.78, 5) is 43.6. The molecule has 204 valence electrons. The lowest BCUT2D eigenvalue weighted by molar-refractivity contribution is -0.482. The Labute approximate surface area is 224 Å². The number of fused-ring (bicyclic) bond motifs is 1. The van der Waals surface area contributed by atoms with E-state index >= 15 is 4.39 Å². The SMILES string of the molecule is COc1cc2nccc(Oc3ccc(NC(=O)C4N=[N+](C)C(=O)N(CC(C)(C)C)C4=O)cc3F)c2cc1OC. The van der Waals surface area contributed by atoms with Crippen LogP contribution in [0.2, 0.25) is 0 Å². The van der Waals surface area contributed by atoms with E-state index in [2.05, 4.69) is 15.4 Å². The third-order valence-electron chi connectivity index (χ3n) is 5.80. The molecule has 0 spiro atoms. The highest BCUT2D eigenvalue weighted by Gasteiger charge is 2.48. The van der Waals surface area contributed by atoms with Gasteiger partial charge in [0.25, 0.3) is 11.9 Å². The predicted molar refractivity (Wildman–Crippen MR) is 139 cm³/mol. The van der Waals surface area contributed by atoms with E-state index in [1.165, 1.54) is 39.6 Å². The van der Waals surface area contributed by atoms with Crippen molar-refractivity contribution in [1.29, 1.82) is 0 Å². The summed E-state index contributed by atoms with van der Waals surface area (Å²) >= 11 is 0. The molecule has 0 saturated carbocycles. The molecule has 39 heavy (non-hydrogen) atoms. The lowest BCUT2D eigenvalue weighted by Gasteiger charge is -2.26. The molecule has 11 nitrogen and oxygen atoms in total. The van der Waals surface area contributed by atoms with Crippen LogP contribution in [0.3, 0.4) is 0 Å². The molecule has 3 aromatic rings. The number of ether oxygens (including phenoxy) is 3. The number of nitrogens with one attached hydrogen (secondary N) is 1. The Hall–Kier alpha value is -4.61. The number of anilines is 1. The molecule has 2 aromatic carbocycles. The van der Waals surface area contributed by atoms with Crippen molar-refractivity contribution in [2.45, 2.75) is 26.8 Å². The van der Waals surface area contributed by atoms with Gasteiger partial charge in [0.2, 0.25) is 0 Å². The maximum absolute atomic E-state index is 15.0. The van der Waals surface area contributed by atoms with Crippen molar-refractivity contribution in [3.8, 4) is 23.0 Å². The first kappa shape index (κ1) is 27.4. The first-order chi connectivity index (χ1) is 18.4. The smallest absolute Gasteiger partial charge is 0.493 e. The van der Waals surface area contributed by atoms with Crippen molar-refractivity contribution < 1.29 is 37.7 Å². The average Bonchev–Trinajstić information content (AvgIpc) is 2.88. The quantitative estimate of drug-likeness (QED) is 0.345. The molecule has 1 aliphatic heterocycles. The van der Waals surface area contributed by atoms with Gasteiger partial charge in [0.1, 0.15) is 19.3 Å². The van der Waals surface area contributed by atoms with Crippen molar-refractivity contribution >= 4 is 34.4 Å². The van der Waals surface area contributed by atoms with Gasteiger partial charge in [-0.15, -0.1) is 4.70 Å². The number of hydrogen-bond acceptors (Lipinski definition) is 8. The summed E-state index contributed by atoms with van der Waals surface area (Å²) in [5.74, 6) is -1.13. The molecule has 1 aliphatic rings. The Morgan fingerprint density at radius 1 is 1.05 bits per heavy atom. The summed E-state index contributed by atoms with van der Waals surface area (Å²) < 4.78 is 32.5. The highest BCUT2D eigenvalue weighted by atomic mass is 19.1. The zero-order valence-electron chi connectivity index (χ0n) is 22.4. The van der Waals surface area contributed by atoms with Crippen LogP contribution in [0.4, 0.5) is 14.9 Å². The number of methoxy groups -OCH3 is 2. The third-order valence-corrected chi connectivity index (χ3v) is 5.80. The van der Waals surface area contributed by atoms with E-state index < -0.39 is 29.7 Å². The number of halogens is 1. The van der Waals surface area contributed by atoms with Crippen LogP contribution in [0.15, 0.2) is 47.7 Å². The third kappa shape index (κ3) is 5.79. The summed E-state index contributed by atoms with van der Waals surface area (Å²) in [5.41, 5.74) is 0.251. The topological polar surface area (TPSA) is 122 Å². The molecule has 2 heterocycles. The maximum atomic E-state index is 15.0. The molecule has 0 radical (unpaired) electrons. The molecule has 0 saturated heterocycles. The monoisotopic (exact) mass is 538 g/mol. The van der Waals surface area contributed by atoms with Gasteiger partial charge < -0.3 is 19.5 Å². The lowest BCUT2D eigenvalue weighted by Crippen LogP contribution is -2.55. The number of aromatic nitrogens is 1. The molecule has 1 atom stereocenters. The number of urea groups is 1. The summed E-state index contributed by atoms with van der Waals surface area (Å²) in [5, 5.41) is 6.98. The molecule has 0 aliphatic carbocycles. The van der Waals surface area contributed by atoms with Gasteiger partial charge in [0.05, 0.1) is 19.7 Å². The highest BCUT2D eigenvalue weighted by Crippen LogP contribution is 2.37. The molecular weight excluding hydrogens is 509 g/mol. The van der Waals surface area contributed by atoms with Crippen LogP contribution in [0.1, 0.15) is 20.8 Å². The van der Waals surface area contributed by atoms with Gasteiger partial charge in [-0.2, -0.15) is 9.69 Å². The van der Waals surface area contributed by atoms with Crippen molar-refractivity contribution in [2.75, 3.05) is 33.1 Å². The first-order valence-corrected chi connectivity index (χ1v) is 12.0. The maximum Gasteiger partial charge on any atom is 0.520 e. The van der Waals surface area contributed by atoms with Gasteiger partial charge in [-0.05, 0) is 24.3 Å². The Bertz CT molecular complexity index is 1500. The number of imide groups is 1. The molecule has 1 unspecified atom stereocenters. The molecular formula is C27H29FN5O6+. The van der Waals surface area contributed by atoms with Crippen molar-refractivity contribution in [3.63, 3.8) is 0 Å². The van der Waals surface area contributed by atoms with Crippen LogP contribution in [0.25, 0.3) is 10.9 Å². The first-order valence-electron chi connectivity index (χ1n) is 12.0. The van der Waals surface area contributed by atoms with Crippen molar-refractivity contribution in [2.24, 2.45) is 10.5 Å². The second-order valence-electron chi connectivity index (χ2n) is 10.1. The number of benzene rings is 2. The van der Waals surface area contributed by atoms with Gasteiger partial charge in [0.15, 0.2) is 23.1 Å². The van der Waals surface area contributed by atoms with Crippen LogP contribution in [-0.2, 0) is 9.59 Å². The van der Waals surface area contributed by atoms with Gasteiger partial charge in [-0.1, -0.05) is 25.9 Å². The lowest BCUT2D eigenvalue weighted by atomic mass is 9.95. The van der Waals surface area contributed by atoms with E-state index in [-0.39, 0.29) is 23.4 Å². The molecule has 4 rings (SSSR count). The zero-order valence-corrected chi connectivity index (χ0v) is 22.4. The Morgan fingerprint density at radius 3 is 2.38 bits per heavy atom. The molecule has 4 amide bonds. The predicted octanol–water partition coefficient (Wildman–Crippen LogP) is 4.59. The van der Waals surface area contributed by atoms with E-state index in [4.69, 9.17) is 14.2 Å². The van der Waals surface area contributed by atoms with Crippen LogP contribution in [0, 0.1) is 11.2 Å². The van der Waals surface area contributed by atoms with Gasteiger partial charge in [-0.3, -0.25) is 9.78 Å². The van der Waals surface area contributed by atoms with E-state index in [1.54, 1.807) is 18.2 Å². The largest absolute Gasteiger partial charge is 0.520 e. The van der Waals surface area contributed by atoms with Crippen LogP contribution >= 0.6 is 0 Å². The Kier molecular flexibility index (Phi) is 7.48. The second kappa shape index (κ2) is 10.6. The standard InChI is InChI=1S/C27H28FN5O6/c1-27(2,3)14-33-25(35)23(31-32(4)26(33)36)24(34)30-15-7-8-20(17(28)11-15)39-19-9-10-29-18-13-22(38-6)21(37-5)12-16(18)19/h7-13,23H,14H2,1-6H3/p+1. The Morgan fingerprint density at radius 2 is 1.74 bits per heavy atom. The molecule has 1 N–H and O–H groups in total. The minimum Gasteiger partial charge on any atom is -0.493 e. The number of rotatable bonds is 7. The fraction of sp³-hybridized carbons (Fsp3) is 0.333. The summed E-state index contributed by atoms with van der Waals surface area (Å²) in [6.07, 6.45) is 1.52. The number of pyridine rings is 1. The van der Waals surface area contributed by atoms with Crippen molar-refractivity contribution in [1.82, 2.24) is 9.88 Å². The fourth-order valence-electron chi connectivity index (χ4n) is 4.00. The number of carbonyl (C=O) groups excluding carboxylic acids is 3. The van der Waals surface area contributed by atoms with Crippen LogP contribution in [-0.4, -0.2) is 66.3 Å². The minimum atomic E-state index is -1.50. The van der Waals surface area contributed by atoms with Crippen LogP contribution in [0.5, 0.6) is 23.0 Å². The minimum absolute atomic E-state index is 0.0840. The molecule has 0 fully saturated rings. The normalized spacial score (nSPS) is 15.7. The summed E-state index contributed by atoms with van der Waals surface area (Å²) in [6.45, 7) is 5.70. The van der Waals surface area contributed by atoms with E-state index in [9.17, 15) is 14.4 Å². The number of carbonyl (C=O) groups is 3.